The summed E-state index contributed by atoms with van der Waals surface area (Å²) in [6, 6.07) is 6.67. The van der Waals surface area contributed by atoms with E-state index < -0.39 is 6.16 Å². The van der Waals surface area contributed by atoms with Crippen LogP contribution in [0.5, 0.6) is 0 Å². The Morgan fingerprint density at radius 1 is 1.46 bits per heavy atom. The molecular formula is C9H8O4. The molecule has 0 unspecified atom stereocenters. The number of benzene rings is 1. The fourth-order valence-corrected chi connectivity index (χ4v) is 0.920. The van der Waals surface area contributed by atoms with Gasteiger partial charge in [-0.2, -0.15) is 0 Å². The van der Waals surface area contributed by atoms with Gasteiger partial charge in [0.2, 0.25) is 0 Å². The predicted octanol–water partition coefficient (Wildman–Crippen LogP) is 1.69. The third kappa shape index (κ3) is 2.59. The first kappa shape index (κ1) is 9.25. The summed E-state index contributed by atoms with van der Waals surface area (Å²) in [4.78, 5) is 20.5. The predicted molar refractivity (Wildman–Crippen MR) is 44.6 cm³/mol. The number of hydrogen-bond acceptors (Lipinski definition) is 3. The van der Waals surface area contributed by atoms with Crippen LogP contribution in [0.25, 0.3) is 0 Å². The summed E-state index contributed by atoms with van der Waals surface area (Å²) in [6.45, 7) is -0.0930. The topological polar surface area (TPSA) is 63.6 Å². The van der Waals surface area contributed by atoms with Gasteiger partial charge in [-0.05, 0) is 0 Å². The zero-order chi connectivity index (χ0) is 9.68. The lowest BCUT2D eigenvalue weighted by molar-refractivity contribution is 0.0847. The molecule has 68 valence electrons. The molecule has 4 nitrogen and oxygen atoms in total. The van der Waals surface area contributed by atoms with Crippen molar-refractivity contribution in [2.24, 2.45) is 0 Å². The monoisotopic (exact) mass is 180 g/mol. The number of ether oxygens (including phenoxy) is 1. The molecule has 0 aliphatic rings. The van der Waals surface area contributed by atoms with Crippen LogP contribution in [0.1, 0.15) is 15.9 Å². The van der Waals surface area contributed by atoms with Crippen LogP contribution >= 0.6 is 0 Å². The molecule has 0 atom stereocenters. The first-order valence-electron chi connectivity index (χ1n) is 3.63. The van der Waals surface area contributed by atoms with E-state index in [0.29, 0.717) is 17.4 Å². The Labute approximate surface area is 74.8 Å². The van der Waals surface area contributed by atoms with E-state index >= 15 is 0 Å². The summed E-state index contributed by atoms with van der Waals surface area (Å²) < 4.78 is 4.33. The van der Waals surface area contributed by atoms with Crippen molar-refractivity contribution in [3.8, 4) is 0 Å². The molecule has 0 spiro atoms. The lowest BCUT2D eigenvalue weighted by Gasteiger charge is -2.02. The Bertz CT molecular complexity index is 319. The van der Waals surface area contributed by atoms with Crippen molar-refractivity contribution in [2.75, 3.05) is 0 Å². The second-order valence-electron chi connectivity index (χ2n) is 2.37. The molecule has 0 aliphatic heterocycles. The van der Waals surface area contributed by atoms with E-state index in [4.69, 9.17) is 5.11 Å². The quantitative estimate of drug-likeness (QED) is 0.567. The fourth-order valence-electron chi connectivity index (χ4n) is 0.920. The molecule has 1 N–H and O–H groups in total. The van der Waals surface area contributed by atoms with Crippen LogP contribution in [0.2, 0.25) is 0 Å². The Morgan fingerprint density at radius 2 is 2.15 bits per heavy atom. The van der Waals surface area contributed by atoms with Crippen LogP contribution in [-0.2, 0) is 11.3 Å². The van der Waals surface area contributed by atoms with Crippen molar-refractivity contribution in [2.45, 2.75) is 6.61 Å². The van der Waals surface area contributed by atoms with Crippen molar-refractivity contribution in [3.05, 3.63) is 35.4 Å². The molecule has 13 heavy (non-hydrogen) atoms. The number of rotatable bonds is 3. The van der Waals surface area contributed by atoms with Crippen molar-refractivity contribution < 1.29 is 19.4 Å². The zero-order valence-corrected chi connectivity index (χ0v) is 6.77. The van der Waals surface area contributed by atoms with Gasteiger partial charge in [0, 0.05) is 11.1 Å². The van der Waals surface area contributed by atoms with Gasteiger partial charge in [0.25, 0.3) is 0 Å². The van der Waals surface area contributed by atoms with Gasteiger partial charge in [0.05, 0.1) is 0 Å². The molecule has 1 aromatic rings. The Balaban J connectivity index is 2.75. The first-order valence-corrected chi connectivity index (χ1v) is 3.63. The van der Waals surface area contributed by atoms with Crippen LogP contribution in [0.3, 0.4) is 0 Å². The molecular weight excluding hydrogens is 172 g/mol. The second kappa shape index (κ2) is 4.25. The number of carboxylic acid groups (broad SMARTS) is 1. The average molecular weight is 180 g/mol. The lowest BCUT2D eigenvalue weighted by atomic mass is 10.1. The normalized spacial score (nSPS) is 9.23. The minimum atomic E-state index is -1.35. The smallest absolute Gasteiger partial charge is 0.450 e. The molecule has 0 fully saturated rings. The minimum Gasteiger partial charge on any atom is -0.450 e. The van der Waals surface area contributed by atoms with Gasteiger partial charge in [-0.1, -0.05) is 24.3 Å². The Kier molecular flexibility index (Phi) is 3.03. The lowest BCUT2D eigenvalue weighted by Crippen LogP contribution is -2.02. The first-order chi connectivity index (χ1) is 6.24. The number of aldehydes is 1. The standard InChI is InChI=1S/C9H8O4/c10-5-7-3-1-2-4-8(7)6-13-9(11)12/h1-5H,6H2,(H,11,12). The highest BCUT2D eigenvalue weighted by atomic mass is 16.7. The molecule has 1 aromatic carbocycles. The van der Waals surface area contributed by atoms with Gasteiger partial charge in [0.15, 0.2) is 0 Å². The highest BCUT2D eigenvalue weighted by molar-refractivity contribution is 5.77. The molecule has 0 aliphatic carbocycles. The molecule has 0 saturated carbocycles. The summed E-state index contributed by atoms with van der Waals surface area (Å²) in [7, 11) is 0. The van der Waals surface area contributed by atoms with Crippen LogP contribution < -0.4 is 0 Å². The molecule has 1 rings (SSSR count). The maximum Gasteiger partial charge on any atom is 0.506 e. The van der Waals surface area contributed by atoms with Crippen molar-refractivity contribution in [1.29, 1.82) is 0 Å². The van der Waals surface area contributed by atoms with E-state index in [1.54, 1.807) is 24.3 Å². The molecule has 0 bridgehead atoms. The molecule has 0 amide bonds. The van der Waals surface area contributed by atoms with Crippen LogP contribution in [-0.4, -0.2) is 17.5 Å². The zero-order valence-electron chi connectivity index (χ0n) is 6.77. The largest absolute Gasteiger partial charge is 0.506 e. The summed E-state index contributed by atoms with van der Waals surface area (Å²) in [5.74, 6) is 0. The van der Waals surface area contributed by atoms with Crippen LogP contribution in [0.4, 0.5) is 4.79 Å². The van der Waals surface area contributed by atoms with E-state index in [1.165, 1.54) is 0 Å². The Hall–Kier alpha value is -1.84. The molecule has 0 saturated heterocycles. The van der Waals surface area contributed by atoms with E-state index in [1.807, 2.05) is 0 Å². The fraction of sp³-hybridized carbons (Fsp3) is 0.111. The van der Waals surface area contributed by atoms with Crippen LogP contribution in [0.15, 0.2) is 24.3 Å². The number of hydrogen-bond donors (Lipinski definition) is 1. The van der Waals surface area contributed by atoms with Crippen molar-refractivity contribution >= 4 is 12.4 Å². The number of carbonyl (C=O) groups is 2. The molecule has 0 radical (unpaired) electrons. The van der Waals surface area contributed by atoms with Crippen molar-refractivity contribution in [3.63, 3.8) is 0 Å². The number of carbonyl (C=O) groups excluding carboxylic acids is 1. The van der Waals surface area contributed by atoms with E-state index in [0.717, 1.165) is 0 Å². The molecule has 0 aromatic heterocycles. The van der Waals surface area contributed by atoms with Gasteiger partial charge in [-0.25, -0.2) is 4.79 Å². The average Bonchev–Trinajstić information content (AvgIpc) is 2.15. The van der Waals surface area contributed by atoms with E-state index in [2.05, 4.69) is 4.74 Å². The third-order valence-electron chi connectivity index (χ3n) is 1.53. The minimum absolute atomic E-state index is 0.0930. The maximum atomic E-state index is 10.5. The van der Waals surface area contributed by atoms with Crippen LogP contribution in [0, 0.1) is 0 Å². The summed E-state index contributed by atoms with van der Waals surface area (Å²) in [5.41, 5.74) is 1.02. The van der Waals surface area contributed by atoms with E-state index in [9.17, 15) is 9.59 Å². The maximum absolute atomic E-state index is 10.5. The summed E-state index contributed by atoms with van der Waals surface area (Å²) >= 11 is 0. The van der Waals surface area contributed by atoms with Gasteiger partial charge < -0.3 is 9.84 Å². The Morgan fingerprint density at radius 3 is 2.77 bits per heavy atom. The van der Waals surface area contributed by atoms with Gasteiger partial charge in [0.1, 0.15) is 12.9 Å². The summed E-state index contributed by atoms with van der Waals surface area (Å²) in [5, 5.41) is 8.23. The highest BCUT2D eigenvalue weighted by Gasteiger charge is 2.02. The SMILES string of the molecule is O=Cc1ccccc1COC(=O)O. The van der Waals surface area contributed by atoms with Crippen molar-refractivity contribution in [1.82, 2.24) is 0 Å². The van der Waals surface area contributed by atoms with E-state index in [-0.39, 0.29) is 6.61 Å². The van der Waals surface area contributed by atoms with Gasteiger partial charge >= 0.3 is 6.16 Å². The molecule has 4 heteroatoms. The summed E-state index contributed by atoms with van der Waals surface area (Å²) in [6.07, 6.45) is -0.679. The molecule has 0 heterocycles. The highest BCUT2D eigenvalue weighted by Crippen LogP contribution is 2.07. The van der Waals surface area contributed by atoms with Gasteiger partial charge in [-0.3, -0.25) is 4.79 Å². The third-order valence-corrected chi connectivity index (χ3v) is 1.53. The second-order valence-corrected chi connectivity index (χ2v) is 2.37. The van der Waals surface area contributed by atoms with Gasteiger partial charge in [-0.15, -0.1) is 0 Å².